The van der Waals surface area contributed by atoms with Crippen LogP contribution in [-0.4, -0.2) is 11.1 Å². The molecule has 0 atom stereocenters. The second-order valence-electron chi connectivity index (χ2n) is 2.03. The van der Waals surface area contributed by atoms with Gasteiger partial charge in [0.1, 0.15) is 0 Å². The van der Waals surface area contributed by atoms with Crippen LogP contribution >= 0.6 is 0 Å². The van der Waals surface area contributed by atoms with E-state index in [0.717, 1.165) is 5.56 Å². The molecule has 0 aliphatic carbocycles. The average molecular weight is 137 g/mol. The maximum Gasteiger partial charge on any atom is 0.307 e. The lowest BCUT2D eigenvalue weighted by atomic mass is 10.2. The molecule has 0 unspecified atom stereocenters. The van der Waals surface area contributed by atoms with Crippen molar-refractivity contribution >= 4 is 5.97 Å². The van der Waals surface area contributed by atoms with Crippen molar-refractivity contribution in [2.75, 3.05) is 0 Å². The lowest BCUT2D eigenvalue weighted by Crippen LogP contribution is -1.98. The van der Waals surface area contributed by atoms with Gasteiger partial charge in [-0.05, 0) is 5.56 Å². The minimum atomic E-state index is -0.531. The van der Waals surface area contributed by atoms with Crippen LogP contribution in [0.2, 0.25) is 0 Å². The minimum absolute atomic E-state index is 0.171. The molecule has 52 valence electrons. The van der Waals surface area contributed by atoms with Gasteiger partial charge in [0.05, 0.1) is 6.42 Å². The Hall–Kier alpha value is -1.31. The molecule has 1 N–H and O–H groups in total. The summed E-state index contributed by atoms with van der Waals surface area (Å²) in [7, 11) is 0. The molecule has 1 rings (SSSR count). The second-order valence-corrected chi connectivity index (χ2v) is 2.03. The van der Waals surface area contributed by atoms with Crippen LogP contribution in [0.1, 0.15) is 5.56 Å². The van der Waals surface area contributed by atoms with E-state index in [0.29, 0.717) is 0 Å². The van der Waals surface area contributed by atoms with Crippen molar-refractivity contribution in [2.45, 2.75) is 6.42 Å². The highest BCUT2D eigenvalue weighted by atomic mass is 16.4. The molecule has 0 amide bonds. The number of aliphatic carboxylic acids is 1. The van der Waals surface area contributed by atoms with Gasteiger partial charge >= 0.3 is 5.97 Å². The third kappa shape index (κ3) is 1.90. The highest BCUT2D eigenvalue weighted by molar-refractivity contribution is 5.70. The molecule has 1 aromatic rings. The van der Waals surface area contributed by atoms with E-state index in [-0.39, 0.29) is 6.42 Å². The number of hydrogen-bond acceptors (Lipinski definition) is 2. The van der Waals surface area contributed by atoms with Crippen LogP contribution in [0.25, 0.3) is 1.43 Å². The molecule has 0 saturated heterocycles. The zero-order valence-electron chi connectivity index (χ0n) is 6.41. The van der Waals surface area contributed by atoms with Crippen molar-refractivity contribution < 1.29 is 9.90 Å². The van der Waals surface area contributed by atoms with Gasteiger partial charge in [-0.15, -0.1) is 0 Å². The van der Waals surface area contributed by atoms with E-state index in [2.05, 4.69) is 5.11 Å². The van der Waals surface area contributed by atoms with Gasteiger partial charge in [0.15, 0.2) is 0 Å². The third-order valence-electron chi connectivity index (χ3n) is 1.19. The Bertz CT molecular complexity index is 233. The van der Waals surface area contributed by atoms with Gasteiger partial charge < -0.3 is 5.11 Å². The van der Waals surface area contributed by atoms with Crippen LogP contribution in [0.5, 0.6) is 0 Å². The molecule has 0 aliphatic rings. The standard InChI is InChI=1S/C8H8O2/c9-8(10)6-7-4-2-1-3-5-7/h1-5H,6H2,(H,9,10)/i/hD. The van der Waals surface area contributed by atoms with Gasteiger partial charge in [-0.1, -0.05) is 30.3 Å². The van der Waals surface area contributed by atoms with E-state index in [4.69, 9.17) is 1.43 Å². The summed E-state index contributed by atoms with van der Waals surface area (Å²) in [5, 5.41) is 3.77. The summed E-state index contributed by atoms with van der Waals surface area (Å²) in [6, 6.07) is 9.18. The monoisotopic (exact) mass is 137 g/mol. The summed E-state index contributed by atoms with van der Waals surface area (Å²) in [5.74, 6) is -0.531. The largest absolute Gasteiger partial charge is 0.481 e. The van der Waals surface area contributed by atoms with Crippen LogP contribution in [0.3, 0.4) is 0 Å². The van der Waals surface area contributed by atoms with Crippen molar-refractivity contribution in [1.29, 1.82) is 1.43 Å². The normalized spacial score (nSPS) is 10.2. The van der Waals surface area contributed by atoms with Gasteiger partial charge in [0.25, 0.3) is 1.43 Å². The van der Waals surface area contributed by atoms with Gasteiger partial charge in [-0.25, -0.2) is 0 Å². The Balaban J connectivity index is 2.58. The van der Waals surface area contributed by atoms with E-state index in [1.54, 1.807) is 0 Å². The van der Waals surface area contributed by atoms with Crippen LogP contribution < -0.4 is 0 Å². The molecule has 2 heteroatoms. The Labute approximate surface area is 60.6 Å². The fourth-order valence-electron chi connectivity index (χ4n) is 0.763. The SMILES string of the molecule is [2H]OC(=O)Cc1ccccc1. The van der Waals surface area contributed by atoms with Crippen LogP contribution in [-0.2, 0) is 11.2 Å². The number of carboxylic acids is 1. The molecule has 0 fully saturated rings. The van der Waals surface area contributed by atoms with Crippen molar-refractivity contribution in [2.24, 2.45) is 0 Å². The Morgan fingerprint density at radius 3 is 2.80 bits per heavy atom. The van der Waals surface area contributed by atoms with E-state index >= 15 is 0 Å². The molecule has 0 aliphatic heterocycles. The topological polar surface area (TPSA) is 37.3 Å². The third-order valence-corrected chi connectivity index (χ3v) is 1.19. The first-order chi connectivity index (χ1) is 5.33. The van der Waals surface area contributed by atoms with Gasteiger partial charge in [0, 0.05) is 0 Å². The first kappa shape index (κ1) is 5.47. The highest BCUT2D eigenvalue weighted by Crippen LogP contribution is 1.98. The number of carbonyl (C=O) groups is 1. The van der Waals surface area contributed by atoms with Crippen molar-refractivity contribution in [3.63, 3.8) is 0 Å². The number of rotatable bonds is 2. The first-order valence-corrected chi connectivity index (χ1v) is 3.03. The summed E-state index contributed by atoms with van der Waals surface area (Å²) >= 11 is 0. The van der Waals surface area contributed by atoms with E-state index < -0.39 is 5.97 Å². The number of hydrogen-bond donors (Lipinski definition) is 1. The lowest BCUT2D eigenvalue weighted by molar-refractivity contribution is -0.136. The lowest BCUT2D eigenvalue weighted by Gasteiger charge is -1.92. The zero-order valence-corrected chi connectivity index (χ0v) is 5.41. The van der Waals surface area contributed by atoms with Crippen molar-refractivity contribution in [3.05, 3.63) is 35.9 Å². The molecular formula is C8H8O2. The summed E-state index contributed by atoms with van der Waals surface area (Å²) in [6.07, 6.45) is 0.171. The summed E-state index contributed by atoms with van der Waals surface area (Å²) in [4.78, 5) is 10.6. The molecule has 2 nitrogen and oxygen atoms in total. The molecule has 0 spiro atoms. The Morgan fingerprint density at radius 1 is 1.50 bits per heavy atom. The summed E-state index contributed by atoms with van der Waals surface area (Å²) in [5.41, 5.74) is 0.866. The summed E-state index contributed by atoms with van der Waals surface area (Å²) in [6.45, 7) is 0. The quantitative estimate of drug-likeness (QED) is 0.667. The molecular weight excluding hydrogens is 128 g/mol. The van der Waals surface area contributed by atoms with E-state index in [1.807, 2.05) is 30.3 Å². The molecule has 10 heavy (non-hydrogen) atoms. The first-order valence-electron chi connectivity index (χ1n) is 3.43. The fraction of sp³-hybridized carbons (Fsp3) is 0.125. The zero-order chi connectivity index (χ0) is 8.10. The van der Waals surface area contributed by atoms with Gasteiger partial charge in [0.2, 0.25) is 0 Å². The molecule has 0 saturated carbocycles. The number of benzene rings is 1. The van der Waals surface area contributed by atoms with Crippen molar-refractivity contribution in [1.82, 2.24) is 0 Å². The van der Waals surface area contributed by atoms with Crippen LogP contribution in [0, 0.1) is 0 Å². The van der Waals surface area contributed by atoms with Crippen LogP contribution in [0.15, 0.2) is 30.3 Å². The average Bonchev–Trinajstić information content (AvgIpc) is 2.06. The molecule has 0 radical (unpaired) electrons. The van der Waals surface area contributed by atoms with Crippen LogP contribution in [0.4, 0.5) is 0 Å². The summed E-state index contributed by atoms with van der Waals surface area (Å²) < 4.78 is 6.31. The smallest absolute Gasteiger partial charge is 0.307 e. The maximum absolute atomic E-state index is 10.6. The number of carboxylic acid groups (broad SMARTS) is 1. The fourth-order valence-corrected chi connectivity index (χ4v) is 0.763. The predicted octanol–water partition coefficient (Wildman–Crippen LogP) is 1.31. The molecule has 0 bridgehead atoms. The van der Waals surface area contributed by atoms with Gasteiger partial charge in [-0.3, -0.25) is 4.79 Å². The minimum Gasteiger partial charge on any atom is -0.481 e. The second kappa shape index (κ2) is 3.01. The Kier molecular flexibility index (Phi) is 1.65. The molecule has 0 heterocycles. The Morgan fingerprint density at radius 2 is 2.20 bits per heavy atom. The molecule has 1 aromatic carbocycles. The van der Waals surface area contributed by atoms with E-state index in [9.17, 15) is 4.79 Å². The van der Waals surface area contributed by atoms with E-state index in [1.165, 1.54) is 0 Å². The predicted molar refractivity (Wildman–Crippen MR) is 37.8 cm³/mol. The highest BCUT2D eigenvalue weighted by Gasteiger charge is 1.96. The van der Waals surface area contributed by atoms with Crippen molar-refractivity contribution in [3.8, 4) is 0 Å². The maximum atomic E-state index is 10.6. The molecule has 0 aromatic heterocycles. The van der Waals surface area contributed by atoms with Gasteiger partial charge in [-0.2, -0.15) is 0 Å².